The first kappa shape index (κ1) is 16.1. The Hall–Kier alpha value is -2.75. The number of benzene rings is 2. The Bertz CT molecular complexity index is 896. The molecule has 0 bridgehead atoms. The molecule has 0 spiro atoms. The molecule has 1 atom stereocenters. The van der Waals surface area contributed by atoms with Crippen LogP contribution in [0.3, 0.4) is 0 Å². The van der Waals surface area contributed by atoms with Gasteiger partial charge in [0.1, 0.15) is 5.75 Å². The third-order valence-corrected chi connectivity index (χ3v) is 4.40. The monoisotopic (exact) mass is 322 g/mol. The molecule has 4 nitrogen and oxygen atoms in total. The number of anilines is 1. The highest BCUT2D eigenvalue weighted by atomic mass is 16.5. The summed E-state index contributed by atoms with van der Waals surface area (Å²) in [6.07, 6.45) is 2.03. The maximum atomic E-state index is 12.7. The molecule has 2 aromatic carbocycles. The minimum atomic E-state index is -0.262. The van der Waals surface area contributed by atoms with E-state index in [0.29, 0.717) is 11.4 Å². The van der Waals surface area contributed by atoms with Gasteiger partial charge in [0.25, 0.3) is 0 Å². The summed E-state index contributed by atoms with van der Waals surface area (Å²) in [6.45, 7) is 3.92. The molecule has 1 N–H and O–H groups in total. The fraction of sp³-hybridized carbons (Fsp3) is 0.250. The molecule has 1 amide bonds. The number of ether oxygens (including phenoxy) is 1. The first-order chi connectivity index (χ1) is 11.5. The number of methoxy groups -OCH3 is 1. The molecule has 1 unspecified atom stereocenters. The summed E-state index contributed by atoms with van der Waals surface area (Å²) >= 11 is 0. The van der Waals surface area contributed by atoms with E-state index < -0.39 is 0 Å². The molecule has 0 fully saturated rings. The summed E-state index contributed by atoms with van der Waals surface area (Å²) in [4.78, 5) is 12.7. The molecule has 0 saturated heterocycles. The van der Waals surface area contributed by atoms with Crippen LogP contribution in [0.25, 0.3) is 10.9 Å². The average molecular weight is 322 g/mol. The maximum Gasteiger partial charge on any atom is 0.231 e. The van der Waals surface area contributed by atoms with Crippen LogP contribution in [0.4, 0.5) is 5.69 Å². The quantitative estimate of drug-likeness (QED) is 0.781. The Morgan fingerprint density at radius 2 is 1.96 bits per heavy atom. The number of nitrogens with one attached hydrogen (secondary N) is 1. The van der Waals surface area contributed by atoms with Crippen molar-refractivity contribution in [3.05, 3.63) is 59.8 Å². The van der Waals surface area contributed by atoms with Gasteiger partial charge in [-0.2, -0.15) is 0 Å². The van der Waals surface area contributed by atoms with Crippen molar-refractivity contribution in [3.8, 4) is 5.75 Å². The summed E-state index contributed by atoms with van der Waals surface area (Å²) in [5.74, 6) is 0.365. The summed E-state index contributed by atoms with van der Waals surface area (Å²) in [5.41, 5.74) is 3.93. The lowest BCUT2D eigenvalue weighted by Gasteiger charge is -2.14. The van der Waals surface area contributed by atoms with Crippen LogP contribution >= 0.6 is 0 Å². The molecule has 4 heteroatoms. The van der Waals surface area contributed by atoms with Crippen molar-refractivity contribution >= 4 is 22.5 Å². The molecule has 124 valence electrons. The number of amides is 1. The van der Waals surface area contributed by atoms with E-state index in [1.54, 1.807) is 7.11 Å². The van der Waals surface area contributed by atoms with Crippen molar-refractivity contribution in [2.24, 2.45) is 7.05 Å². The molecule has 0 aliphatic heterocycles. The smallest absolute Gasteiger partial charge is 0.231 e. The summed E-state index contributed by atoms with van der Waals surface area (Å²) in [6, 6.07) is 13.9. The zero-order valence-corrected chi connectivity index (χ0v) is 14.5. The van der Waals surface area contributed by atoms with E-state index in [1.807, 2.05) is 57.4 Å². The van der Waals surface area contributed by atoms with Crippen molar-refractivity contribution in [2.45, 2.75) is 19.8 Å². The molecular weight excluding hydrogens is 300 g/mol. The van der Waals surface area contributed by atoms with Gasteiger partial charge in [0, 0.05) is 24.1 Å². The molecule has 0 aliphatic rings. The number of aromatic nitrogens is 1. The number of fused-ring (bicyclic) bond motifs is 1. The summed E-state index contributed by atoms with van der Waals surface area (Å²) in [7, 11) is 3.61. The Balaban J connectivity index is 1.90. The highest BCUT2D eigenvalue weighted by molar-refractivity contribution is 6.00. The fourth-order valence-corrected chi connectivity index (χ4v) is 3.00. The van der Waals surface area contributed by atoms with E-state index in [9.17, 15) is 4.79 Å². The lowest BCUT2D eigenvalue weighted by molar-refractivity contribution is -0.117. The maximum absolute atomic E-state index is 12.7. The Morgan fingerprint density at radius 3 is 2.71 bits per heavy atom. The number of aryl methyl sites for hydroxylation is 2. The molecule has 1 heterocycles. The van der Waals surface area contributed by atoms with Gasteiger partial charge in [-0.25, -0.2) is 0 Å². The van der Waals surface area contributed by atoms with Gasteiger partial charge in [0.2, 0.25) is 5.91 Å². The number of carbonyl (C=O) groups is 1. The van der Waals surface area contributed by atoms with Crippen LogP contribution in [0, 0.1) is 6.92 Å². The number of nitrogens with zero attached hydrogens (tertiary/aromatic N) is 1. The van der Waals surface area contributed by atoms with Crippen molar-refractivity contribution in [1.29, 1.82) is 0 Å². The van der Waals surface area contributed by atoms with Crippen LogP contribution in [0.15, 0.2) is 48.7 Å². The molecule has 1 aromatic heterocycles. The first-order valence-corrected chi connectivity index (χ1v) is 8.00. The Labute approximate surface area is 142 Å². The molecule has 3 aromatic rings. The average Bonchev–Trinajstić information content (AvgIpc) is 2.93. The lowest BCUT2D eigenvalue weighted by Crippen LogP contribution is -2.19. The van der Waals surface area contributed by atoms with Gasteiger partial charge in [-0.3, -0.25) is 4.79 Å². The lowest BCUT2D eigenvalue weighted by atomic mass is 9.99. The number of hydrogen-bond donors (Lipinski definition) is 1. The standard InChI is InChI=1S/C20H22N2O2/c1-13-9-10-17(19(11-13)24-4)21-20(23)14(2)16-12-22(3)18-8-6-5-7-15(16)18/h5-12,14H,1-4H3,(H,21,23). The van der Waals surface area contributed by atoms with E-state index >= 15 is 0 Å². The van der Waals surface area contributed by atoms with Crippen LogP contribution in [0.2, 0.25) is 0 Å². The number of hydrogen-bond acceptors (Lipinski definition) is 2. The van der Waals surface area contributed by atoms with Crippen molar-refractivity contribution in [1.82, 2.24) is 4.57 Å². The number of para-hydroxylation sites is 1. The Morgan fingerprint density at radius 1 is 1.21 bits per heavy atom. The van der Waals surface area contributed by atoms with E-state index in [2.05, 4.69) is 22.0 Å². The highest BCUT2D eigenvalue weighted by Gasteiger charge is 2.20. The van der Waals surface area contributed by atoms with Crippen LogP contribution in [-0.2, 0) is 11.8 Å². The van der Waals surface area contributed by atoms with Gasteiger partial charge < -0.3 is 14.6 Å². The molecular formula is C20H22N2O2. The predicted molar refractivity (Wildman–Crippen MR) is 97.7 cm³/mol. The second kappa shape index (κ2) is 6.40. The first-order valence-electron chi connectivity index (χ1n) is 8.00. The van der Waals surface area contributed by atoms with Gasteiger partial charge in [-0.1, -0.05) is 24.3 Å². The second-order valence-electron chi connectivity index (χ2n) is 6.13. The van der Waals surface area contributed by atoms with Crippen molar-refractivity contribution in [2.75, 3.05) is 12.4 Å². The summed E-state index contributed by atoms with van der Waals surface area (Å²) in [5, 5.41) is 4.10. The fourth-order valence-electron chi connectivity index (χ4n) is 3.00. The topological polar surface area (TPSA) is 43.3 Å². The second-order valence-corrected chi connectivity index (χ2v) is 6.13. The number of carbonyl (C=O) groups excluding carboxylic acids is 1. The van der Waals surface area contributed by atoms with Crippen LogP contribution < -0.4 is 10.1 Å². The normalized spacial score (nSPS) is 12.2. The van der Waals surface area contributed by atoms with E-state index in [-0.39, 0.29) is 11.8 Å². The Kier molecular flexibility index (Phi) is 4.30. The predicted octanol–water partition coefficient (Wildman–Crippen LogP) is 4.24. The zero-order chi connectivity index (χ0) is 17.3. The molecule has 24 heavy (non-hydrogen) atoms. The van der Waals surface area contributed by atoms with Crippen molar-refractivity contribution < 1.29 is 9.53 Å². The van der Waals surface area contributed by atoms with E-state index in [0.717, 1.165) is 22.0 Å². The van der Waals surface area contributed by atoms with E-state index in [1.165, 1.54) is 0 Å². The van der Waals surface area contributed by atoms with Gasteiger partial charge in [0.15, 0.2) is 0 Å². The SMILES string of the molecule is COc1cc(C)ccc1NC(=O)C(C)c1cn(C)c2ccccc12. The molecule has 3 rings (SSSR count). The van der Waals surface area contributed by atoms with Gasteiger partial charge in [-0.15, -0.1) is 0 Å². The highest BCUT2D eigenvalue weighted by Crippen LogP contribution is 2.30. The number of rotatable bonds is 4. The van der Waals surface area contributed by atoms with E-state index in [4.69, 9.17) is 4.74 Å². The third kappa shape index (κ3) is 2.87. The largest absolute Gasteiger partial charge is 0.495 e. The van der Waals surface area contributed by atoms with Crippen LogP contribution in [-0.4, -0.2) is 17.6 Å². The molecule has 0 saturated carbocycles. The van der Waals surface area contributed by atoms with Crippen molar-refractivity contribution in [3.63, 3.8) is 0 Å². The van der Waals surface area contributed by atoms with Gasteiger partial charge in [0.05, 0.1) is 18.7 Å². The third-order valence-electron chi connectivity index (χ3n) is 4.40. The van der Waals surface area contributed by atoms with Crippen LogP contribution in [0.5, 0.6) is 5.75 Å². The van der Waals surface area contributed by atoms with Crippen LogP contribution in [0.1, 0.15) is 24.0 Å². The zero-order valence-electron chi connectivity index (χ0n) is 14.5. The minimum absolute atomic E-state index is 0.0477. The minimum Gasteiger partial charge on any atom is -0.495 e. The molecule has 0 aliphatic carbocycles. The van der Waals surface area contributed by atoms with Gasteiger partial charge >= 0.3 is 0 Å². The molecule has 0 radical (unpaired) electrons. The summed E-state index contributed by atoms with van der Waals surface area (Å²) < 4.78 is 7.42. The van der Waals surface area contributed by atoms with Gasteiger partial charge in [-0.05, 0) is 43.2 Å².